The van der Waals surface area contributed by atoms with Gasteiger partial charge in [0.15, 0.2) is 0 Å². The molecule has 0 unspecified atom stereocenters. The van der Waals surface area contributed by atoms with Crippen molar-refractivity contribution in [1.29, 1.82) is 0 Å². The van der Waals surface area contributed by atoms with Crippen LogP contribution in [-0.4, -0.2) is 27.4 Å². The highest BCUT2D eigenvalue weighted by Gasteiger charge is 2.33. The summed E-state index contributed by atoms with van der Waals surface area (Å²) >= 11 is 0. The fourth-order valence-electron chi connectivity index (χ4n) is 2.91. The maximum Gasteiger partial charge on any atom is 0.333 e. The SMILES string of the molecule is Cc1nn(C)c(N[C@@H]2CCO[C@@H]2c2ccccc2)c1[N+](=O)[O-]. The van der Waals surface area contributed by atoms with Gasteiger partial charge in [0.2, 0.25) is 5.82 Å². The Morgan fingerprint density at radius 3 is 2.82 bits per heavy atom. The smallest absolute Gasteiger partial charge is 0.333 e. The van der Waals surface area contributed by atoms with Gasteiger partial charge in [-0.15, -0.1) is 0 Å². The van der Waals surface area contributed by atoms with Crippen LogP contribution < -0.4 is 5.32 Å². The number of benzene rings is 1. The zero-order valence-corrected chi connectivity index (χ0v) is 12.5. The standard InChI is InChI=1S/C15H18N4O3/c1-10-13(19(20)21)15(18(2)17-10)16-12-8-9-22-14(12)11-6-4-3-5-7-11/h3-7,12,14,16H,8-9H2,1-2H3/t12-,14-/m1/s1. The Balaban J connectivity index is 1.88. The van der Waals surface area contributed by atoms with Gasteiger partial charge in [-0.3, -0.25) is 10.1 Å². The normalized spacial score (nSPS) is 21.0. The molecule has 0 radical (unpaired) electrons. The molecule has 116 valence electrons. The van der Waals surface area contributed by atoms with Crippen LogP contribution >= 0.6 is 0 Å². The first-order valence-electron chi connectivity index (χ1n) is 7.19. The lowest BCUT2D eigenvalue weighted by Gasteiger charge is -2.20. The molecule has 1 saturated heterocycles. The Morgan fingerprint density at radius 1 is 1.41 bits per heavy atom. The van der Waals surface area contributed by atoms with E-state index in [2.05, 4.69) is 10.4 Å². The Kier molecular flexibility index (Phi) is 3.81. The largest absolute Gasteiger partial charge is 0.371 e. The highest BCUT2D eigenvalue weighted by molar-refractivity contribution is 5.60. The van der Waals surface area contributed by atoms with Crippen molar-refractivity contribution >= 4 is 11.5 Å². The second-order valence-electron chi connectivity index (χ2n) is 5.40. The molecular weight excluding hydrogens is 284 g/mol. The average molecular weight is 302 g/mol. The second-order valence-corrected chi connectivity index (χ2v) is 5.40. The zero-order valence-electron chi connectivity index (χ0n) is 12.5. The molecule has 0 spiro atoms. The highest BCUT2D eigenvalue weighted by atomic mass is 16.6. The highest BCUT2D eigenvalue weighted by Crippen LogP contribution is 2.34. The summed E-state index contributed by atoms with van der Waals surface area (Å²) in [6.07, 6.45) is 0.678. The van der Waals surface area contributed by atoms with E-state index in [4.69, 9.17) is 4.74 Å². The predicted octanol–water partition coefficient (Wildman–Crippen LogP) is 2.58. The average Bonchev–Trinajstić information content (AvgIpc) is 3.05. The van der Waals surface area contributed by atoms with Crippen molar-refractivity contribution in [2.45, 2.75) is 25.5 Å². The summed E-state index contributed by atoms with van der Waals surface area (Å²) < 4.78 is 7.33. The molecule has 7 nitrogen and oxygen atoms in total. The predicted molar refractivity (Wildman–Crippen MR) is 81.8 cm³/mol. The van der Waals surface area contributed by atoms with Crippen LogP contribution in [-0.2, 0) is 11.8 Å². The van der Waals surface area contributed by atoms with Crippen molar-refractivity contribution in [3.63, 3.8) is 0 Å². The number of ether oxygens (including phenoxy) is 1. The van der Waals surface area contributed by atoms with Crippen LogP contribution in [0.2, 0.25) is 0 Å². The van der Waals surface area contributed by atoms with Crippen molar-refractivity contribution in [3.05, 3.63) is 51.7 Å². The van der Waals surface area contributed by atoms with Gasteiger partial charge in [0.25, 0.3) is 0 Å². The van der Waals surface area contributed by atoms with E-state index in [9.17, 15) is 10.1 Å². The topological polar surface area (TPSA) is 82.2 Å². The van der Waals surface area contributed by atoms with Gasteiger partial charge >= 0.3 is 5.69 Å². The third-order valence-electron chi connectivity index (χ3n) is 3.92. The van der Waals surface area contributed by atoms with E-state index in [0.29, 0.717) is 18.1 Å². The van der Waals surface area contributed by atoms with Crippen LogP contribution in [0.1, 0.15) is 23.8 Å². The van der Waals surface area contributed by atoms with Crippen LogP contribution in [0, 0.1) is 17.0 Å². The van der Waals surface area contributed by atoms with Crippen molar-refractivity contribution in [2.75, 3.05) is 11.9 Å². The first-order chi connectivity index (χ1) is 10.6. The number of nitrogens with zero attached hydrogens (tertiary/aromatic N) is 3. The molecule has 2 heterocycles. The minimum atomic E-state index is -0.391. The summed E-state index contributed by atoms with van der Waals surface area (Å²) in [4.78, 5) is 10.9. The van der Waals surface area contributed by atoms with Crippen LogP contribution in [0.25, 0.3) is 0 Å². The Morgan fingerprint density at radius 2 is 2.14 bits per heavy atom. The van der Waals surface area contributed by atoms with Gasteiger partial charge in [-0.1, -0.05) is 30.3 Å². The summed E-state index contributed by atoms with van der Waals surface area (Å²) in [6, 6.07) is 9.88. The van der Waals surface area contributed by atoms with Gasteiger partial charge in [-0.05, 0) is 18.9 Å². The summed E-state index contributed by atoms with van der Waals surface area (Å²) in [5.74, 6) is 0.430. The number of rotatable bonds is 4. The first kappa shape index (κ1) is 14.5. The van der Waals surface area contributed by atoms with Gasteiger partial charge < -0.3 is 10.1 Å². The number of hydrogen-bond acceptors (Lipinski definition) is 5. The molecule has 1 aliphatic heterocycles. The number of nitrogens with one attached hydrogen (secondary N) is 1. The molecule has 0 bridgehead atoms. The minimum absolute atomic E-state index is 0.0177. The molecule has 3 rings (SSSR count). The van der Waals surface area contributed by atoms with Gasteiger partial charge in [0, 0.05) is 13.7 Å². The van der Waals surface area contributed by atoms with Gasteiger partial charge in [-0.2, -0.15) is 5.10 Å². The molecule has 2 atom stereocenters. The number of hydrogen-bond donors (Lipinski definition) is 1. The van der Waals surface area contributed by atoms with E-state index in [1.165, 1.54) is 4.68 Å². The third kappa shape index (κ3) is 2.55. The van der Waals surface area contributed by atoms with Crippen LogP contribution in [0.3, 0.4) is 0 Å². The van der Waals surface area contributed by atoms with Crippen molar-refractivity contribution in [2.24, 2.45) is 7.05 Å². The molecule has 22 heavy (non-hydrogen) atoms. The number of nitro groups is 1. The molecule has 1 aromatic carbocycles. The summed E-state index contributed by atoms with van der Waals surface area (Å²) in [5, 5.41) is 18.7. The van der Waals surface area contributed by atoms with E-state index in [1.54, 1.807) is 14.0 Å². The molecule has 1 N–H and O–H groups in total. The van der Waals surface area contributed by atoms with Crippen LogP contribution in [0.5, 0.6) is 0 Å². The Hall–Kier alpha value is -2.41. The first-order valence-corrected chi connectivity index (χ1v) is 7.19. The quantitative estimate of drug-likeness (QED) is 0.693. The molecule has 2 aromatic rings. The Bertz CT molecular complexity index is 684. The van der Waals surface area contributed by atoms with Crippen LogP contribution in [0.15, 0.2) is 30.3 Å². The van der Waals surface area contributed by atoms with Crippen molar-refractivity contribution < 1.29 is 9.66 Å². The third-order valence-corrected chi connectivity index (χ3v) is 3.92. The van der Waals surface area contributed by atoms with Crippen molar-refractivity contribution in [1.82, 2.24) is 9.78 Å². The fourth-order valence-corrected chi connectivity index (χ4v) is 2.91. The summed E-state index contributed by atoms with van der Waals surface area (Å²) in [7, 11) is 1.70. The monoisotopic (exact) mass is 302 g/mol. The molecule has 0 saturated carbocycles. The molecule has 1 fully saturated rings. The lowest BCUT2D eigenvalue weighted by Crippen LogP contribution is -2.25. The van der Waals surface area contributed by atoms with E-state index < -0.39 is 4.92 Å². The molecule has 7 heteroatoms. The minimum Gasteiger partial charge on any atom is -0.371 e. The number of aryl methyl sites for hydroxylation is 2. The summed E-state index contributed by atoms with van der Waals surface area (Å²) in [6.45, 7) is 2.27. The van der Waals surface area contributed by atoms with E-state index in [1.807, 2.05) is 30.3 Å². The van der Waals surface area contributed by atoms with E-state index in [-0.39, 0.29) is 17.8 Å². The second kappa shape index (κ2) is 5.76. The lowest BCUT2D eigenvalue weighted by atomic mass is 10.0. The molecular formula is C15H18N4O3. The molecule has 0 amide bonds. The number of anilines is 1. The van der Waals surface area contributed by atoms with Crippen LogP contribution in [0.4, 0.5) is 11.5 Å². The summed E-state index contributed by atoms with van der Waals surface area (Å²) in [5.41, 5.74) is 1.51. The van der Waals surface area contributed by atoms with Crippen molar-refractivity contribution in [3.8, 4) is 0 Å². The molecule has 1 aliphatic rings. The lowest BCUT2D eigenvalue weighted by molar-refractivity contribution is -0.384. The number of aromatic nitrogens is 2. The van der Waals surface area contributed by atoms with Gasteiger partial charge in [0.05, 0.1) is 11.0 Å². The van der Waals surface area contributed by atoms with E-state index in [0.717, 1.165) is 12.0 Å². The maximum atomic E-state index is 11.3. The van der Waals surface area contributed by atoms with E-state index >= 15 is 0 Å². The molecule has 0 aliphatic carbocycles. The zero-order chi connectivity index (χ0) is 15.7. The molecule has 1 aromatic heterocycles. The Labute approximate surface area is 128 Å². The van der Waals surface area contributed by atoms with Gasteiger partial charge in [0.1, 0.15) is 11.8 Å². The maximum absolute atomic E-state index is 11.3. The van der Waals surface area contributed by atoms with Gasteiger partial charge in [-0.25, -0.2) is 4.68 Å². The fraction of sp³-hybridized carbons (Fsp3) is 0.400.